The van der Waals surface area contributed by atoms with Gasteiger partial charge in [-0.25, -0.2) is 4.98 Å². The molecule has 5 heteroatoms. The lowest BCUT2D eigenvalue weighted by Crippen LogP contribution is -2.13. The summed E-state index contributed by atoms with van der Waals surface area (Å²) >= 11 is 0. The summed E-state index contributed by atoms with van der Waals surface area (Å²) in [4.78, 5) is 17.2. The first kappa shape index (κ1) is 13.8. The molecular weight excluding hydrogens is 290 g/mol. The maximum atomic E-state index is 12.7. The molecule has 5 nitrogen and oxygen atoms in total. The molecule has 0 bridgehead atoms. The van der Waals surface area contributed by atoms with Crippen molar-refractivity contribution in [2.45, 2.75) is 20.3 Å². The summed E-state index contributed by atoms with van der Waals surface area (Å²) in [6.07, 6.45) is 2.70. The van der Waals surface area contributed by atoms with E-state index in [2.05, 4.69) is 10.3 Å². The van der Waals surface area contributed by atoms with Crippen LogP contribution in [0.2, 0.25) is 0 Å². The van der Waals surface area contributed by atoms with Gasteiger partial charge in [0.05, 0.1) is 12.2 Å². The molecule has 3 heterocycles. The number of anilines is 1. The molecule has 3 aromatic rings. The molecule has 1 aliphatic rings. The number of ether oxygens (including phenoxy) is 1. The molecule has 0 atom stereocenters. The zero-order valence-corrected chi connectivity index (χ0v) is 13.1. The molecule has 2 aromatic heterocycles. The number of amides is 1. The predicted octanol–water partition coefficient (Wildman–Crippen LogP) is 3.14. The first-order valence-corrected chi connectivity index (χ1v) is 7.65. The molecule has 0 fully saturated rings. The second-order valence-electron chi connectivity index (χ2n) is 5.80. The molecule has 4 rings (SSSR count). The van der Waals surface area contributed by atoms with Crippen LogP contribution in [-0.4, -0.2) is 21.9 Å². The van der Waals surface area contributed by atoms with Crippen LogP contribution in [0.4, 0.5) is 5.69 Å². The summed E-state index contributed by atoms with van der Waals surface area (Å²) in [7, 11) is 0. The van der Waals surface area contributed by atoms with Gasteiger partial charge in [-0.2, -0.15) is 0 Å². The normalized spacial score (nSPS) is 13.0. The molecule has 1 aliphatic heterocycles. The summed E-state index contributed by atoms with van der Waals surface area (Å²) in [5, 5.41) is 3.00. The maximum Gasteiger partial charge on any atom is 0.259 e. The van der Waals surface area contributed by atoms with Gasteiger partial charge in [-0.3, -0.25) is 4.79 Å². The summed E-state index contributed by atoms with van der Waals surface area (Å²) in [6.45, 7) is 4.60. The van der Waals surface area contributed by atoms with Gasteiger partial charge in [0.25, 0.3) is 5.91 Å². The van der Waals surface area contributed by atoms with Crippen LogP contribution in [0.5, 0.6) is 5.75 Å². The SMILES string of the molecule is Cc1cc(C)n2ccc(C(=O)Nc3cccc4c3CCO4)c2n1. The zero-order valence-electron chi connectivity index (χ0n) is 13.1. The zero-order chi connectivity index (χ0) is 16.0. The third-order valence-corrected chi connectivity index (χ3v) is 4.17. The Morgan fingerprint density at radius 1 is 1.30 bits per heavy atom. The van der Waals surface area contributed by atoms with Gasteiger partial charge in [0.15, 0.2) is 0 Å². The third-order valence-electron chi connectivity index (χ3n) is 4.17. The Morgan fingerprint density at radius 2 is 2.17 bits per heavy atom. The molecule has 1 amide bonds. The first-order chi connectivity index (χ1) is 11.1. The van der Waals surface area contributed by atoms with Gasteiger partial charge in [0.1, 0.15) is 11.4 Å². The molecule has 0 saturated carbocycles. The van der Waals surface area contributed by atoms with Crippen molar-refractivity contribution in [3.8, 4) is 5.75 Å². The molecule has 116 valence electrons. The van der Waals surface area contributed by atoms with Crippen LogP contribution in [0.3, 0.4) is 0 Å². The topological polar surface area (TPSA) is 55.6 Å². The highest BCUT2D eigenvalue weighted by molar-refractivity contribution is 6.09. The van der Waals surface area contributed by atoms with E-state index >= 15 is 0 Å². The number of fused-ring (bicyclic) bond motifs is 2. The minimum atomic E-state index is -0.148. The molecule has 0 unspecified atom stereocenters. The molecule has 0 aliphatic carbocycles. The molecular formula is C18H17N3O2. The van der Waals surface area contributed by atoms with Crippen LogP contribution in [0, 0.1) is 13.8 Å². The number of rotatable bonds is 2. The monoisotopic (exact) mass is 307 g/mol. The van der Waals surface area contributed by atoms with Crippen molar-refractivity contribution in [1.82, 2.24) is 9.38 Å². The number of nitrogens with zero attached hydrogens (tertiary/aromatic N) is 2. The van der Waals surface area contributed by atoms with Crippen molar-refractivity contribution in [1.29, 1.82) is 0 Å². The number of hydrogen-bond donors (Lipinski definition) is 1. The van der Waals surface area contributed by atoms with Crippen molar-refractivity contribution < 1.29 is 9.53 Å². The Balaban J connectivity index is 1.72. The Labute approximate surface area is 133 Å². The van der Waals surface area contributed by atoms with Crippen LogP contribution >= 0.6 is 0 Å². The van der Waals surface area contributed by atoms with Crippen molar-refractivity contribution in [2.24, 2.45) is 0 Å². The van der Waals surface area contributed by atoms with Crippen molar-refractivity contribution in [3.05, 3.63) is 59.0 Å². The standard InChI is InChI=1S/C18H17N3O2/c1-11-10-12(2)21-8-6-14(17(21)19-11)18(22)20-15-4-3-5-16-13(15)7-9-23-16/h3-6,8,10H,7,9H2,1-2H3,(H,20,22). The van der Waals surface area contributed by atoms with E-state index < -0.39 is 0 Å². The predicted molar refractivity (Wildman–Crippen MR) is 88.3 cm³/mol. The third kappa shape index (κ3) is 2.25. The summed E-state index contributed by atoms with van der Waals surface area (Å²) in [6, 6.07) is 9.54. The Morgan fingerprint density at radius 3 is 3.04 bits per heavy atom. The first-order valence-electron chi connectivity index (χ1n) is 7.65. The number of aromatic nitrogens is 2. The minimum Gasteiger partial charge on any atom is -0.493 e. The summed E-state index contributed by atoms with van der Waals surface area (Å²) in [5.74, 6) is 0.708. The van der Waals surface area contributed by atoms with Crippen molar-refractivity contribution >= 4 is 17.2 Å². The van der Waals surface area contributed by atoms with Gasteiger partial charge in [-0.05, 0) is 38.1 Å². The minimum absolute atomic E-state index is 0.148. The van der Waals surface area contributed by atoms with Gasteiger partial charge in [-0.15, -0.1) is 0 Å². The van der Waals surface area contributed by atoms with E-state index in [0.29, 0.717) is 17.8 Å². The maximum absolute atomic E-state index is 12.7. The molecule has 23 heavy (non-hydrogen) atoms. The van der Waals surface area contributed by atoms with Crippen LogP contribution in [0.25, 0.3) is 5.65 Å². The fraction of sp³-hybridized carbons (Fsp3) is 0.222. The van der Waals surface area contributed by atoms with E-state index in [9.17, 15) is 4.79 Å². The van der Waals surface area contributed by atoms with Crippen molar-refractivity contribution in [2.75, 3.05) is 11.9 Å². The average molecular weight is 307 g/mol. The number of hydrogen-bond acceptors (Lipinski definition) is 3. The molecule has 1 N–H and O–H groups in total. The number of nitrogens with one attached hydrogen (secondary N) is 1. The highest BCUT2D eigenvalue weighted by Gasteiger charge is 2.19. The van der Waals surface area contributed by atoms with E-state index in [-0.39, 0.29) is 5.91 Å². The summed E-state index contributed by atoms with van der Waals surface area (Å²) in [5.41, 5.74) is 5.09. The van der Waals surface area contributed by atoms with Crippen LogP contribution in [0.1, 0.15) is 27.3 Å². The molecule has 0 radical (unpaired) electrons. The van der Waals surface area contributed by atoms with Gasteiger partial charge in [0, 0.05) is 35.3 Å². The van der Waals surface area contributed by atoms with Crippen molar-refractivity contribution in [3.63, 3.8) is 0 Å². The largest absolute Gasteiger partial charge is 0.493 e. The Kier molecular flexibility index (Phi) is 3.08. The van der Waals surface area contributed by atoms with Crippen LogP contribution in [-0.2, 0) is 6.42 Å². The van der Waals surface area contributed by atoms with Gasteiger partial charge >= 0.3 is 0 Å². The van der Waals surface area contributed by atoms with Gasteiger partial charge in [-0.1, -0.05) is 6.07 Å². The Hall–Kier alpha value is -2.82. The smallest absolute Gasteiger partial charge is 0.259 e. The quantitative estimate of drug-likeness (QED) is 0.791. The molecule has 0 saturated heterocycles. The lowest BCUT2D eigenvalue weighted by atomic mass is 10.1. The van der Waals surface area contributed by atoms with Gasteiger partial charge < -0.3 is 14.5 Å². The van der Waals surface area contributed by atoms with E-state index in [1.807, 2.05) is 54.8 Å². The summed E-state index contributed by atoms with van der Waals surface area (Å²) < 4.78 is 7.48. The highest BCUT2D eigenvalue weighted by Crippen LogP contribution is 2.31. The van der Waals surface area contributed by atoms with E-state index in [1.165, 1.54) is 0 Å². The number of benzene rings is 1. The second kappa shape index (κ2) is 5.12. The Bertz CT molecular complexity index is 927. The second-order valence-corrected chi connectivity index (χ2v) is 5.80. The van der Waals surface area contributed by atoms with E-state index in [1.54, 1.807) is 0 Å². The number of carbonyl (C=O) groups is 1. The number of carbonyl (C=O) groups excluding carboxylic acids is 1. The van der Waals surface area contributed by atoms with E-state index in [0.717, 1.165) is 34.8 Å². The molecule has 1 aromatic carbocycles. The van der Waals surface area contributed by atoms with E-state index in [4.69, 9.17) is 4.74 Å². The average Bonchev–Trinajstić information content (AvgIpc) is 3.13. The fourth-order valence-electron chi connectivity index (χ4n) is 3.10. The van der Waals surface area contributed by atoms with Crippen LogP contribution in [0.15, 0.2) is 36.5 Å². The highest BCUT2D eigenvalue weighted by atomic mass is 16.5. The lowest BCUT2D eigenvalue weighted by molar-refractivity contribution is 0.102. The molecule has 0 spiro atoms. The van der Waals surface area contributed by atoms with Crippen LogP contribution < -0.4 is 10.1 Å². The lowest BCUT2D eigenvalue weighted by Gasteiger charge is -2.09. The fourth-order valence-corrected chi connectivity index (χ4v) is 3.10. The van der Waals surface area contributed by atoms with Gasteiger partial charge in [0.2, 0.25) is 0 Å². The number of aryl methyl sites for hydroxylation is 2.